The van der Waals surface area contributed by atoms with Crippen molar-refractivity contribution in [3.8, 4) is 0 Å². The molecule has 0 bridgehead atoms. The zero-order chi connectivity index (χ0) is 16.7. The van der Waals surface area contributed by atoms with Crippen LogP contribution in [0.25, 0.3) is 0 Å². The minimum Gasteiger partial charge on any atom is -0.444 e. The molecule has 0 atom stereocenters. The Morgan fingerprint density at radius 2 is 2.00 bits per heavy atom. The summed E-state index contributed by atoms with van der Waals surface area (Å²) < 4.78 is 5.50. The highest BCUT2D eigenvalue weighted by Crippen LogP contribution is 2.07. The lowest BCUT2D eigenvalue weighted by molar-refractivity contribution is -0.127. The quantitative estimate of drug-likeness (QED) is 0.307. The topological polar surface area (TPSA) is 82.8 Å². The van der Waals surface area contributed by atoms with E-state index in [1.54, 1.807) is 14.1 Å². The fraction of sp³-hybridized carbons (Fsp3) is 0.533. The third-order valence-electron chi connectivity index (χ3n) is 2.91. The van der Waals surface area contributed by atoms with Crippen molar-refractivity contribution >= 4 is 35.8 Å². The van der Waals surface area contributed by atoms with Crippen LogP contribution in [0.5, 0.6) is 0 Å². The molecular weight excluding hydrogens is 409 g/mol. The van der Waals surface area contributed by atoms with Gasteiger partial charge in [-0.1, -0.05) is 12.2 Å². The van der Waals surface area contributed by atoms with Gasteiger partial charge in [0, 0.05) is 20.6 Å². The Balaban J connectivity index is 0.00000484. The Morgan fingerprint density at radius 3 is 2.48 bits per heavy atom. The van der Waals surface area contributed by atoms with Crippen LogP contribution in [0.15, 0.2) is 21.6 Å². The predicted molar refractivity (Wildman–Crippen MR) is 102 cm³/mol. The maximum Gasteiger partial charge on any atom is 0.243 e. The van der Waals surface area contributed by atoms with Gasteiger partial charge in [0.25, 0.3) is 0 Å². The van der Waals surface area contributed by atoms with Gasteiger partial charge in [-0.25, -0.2) is 9.98 Å². The van der Waals surface area contributed by atoms with E-state index >= 15 is 0 Å². The van der Waals surface area contributed by atoms with Crippen molar-refractivity contribution in [1.82, 2.24) is 20.5 Å². The number of nitrogens with zero attached hydrogens (tertiary/aromatic N) is 3. The number of hydrogen-bond donors (Lipinski definition) is 2. The smallest absolute Gasteiger partial charge is 0.243 e. The summed E-state index contributed by atoms with van der Waals surface area (Å²) in [5, 5.41) is 6.20. The van der Waals surface area contributed by atoms with E-state index in [9.17, 15) is 4.79 Å². The molecule has 7 nitrogen and oxygen atoms in total. The average Bonchev–Trinajstić information content (AvgIpc) is 2.76. The zero-order valence-electron chi connectivity index (χ0n) is 14.4. The van der Waals surface area contributed by atoms with Crippen molar-refractivity contribution in [3.05, 3.63) is 29.5 Å². The van der Waals surface area contributed by atoms with E-state index in [4.69, 9.17) is 4.42 Å². The number of oxazole rings is 1. The summed E-state index contributed by atoms with van der Waals surface area (Å²) in [5.74, 6) is 1.83. The highest BCUT2D eigenvalue weighted by atomic mass is 127. The summed E-state index contributed by atoms with van der Waals surface area (Å²) in [6.45, 7) is 10.6. The molecule has 1 aromatic rings. The van der Waals surface area contributed by atoms with Crippen LogP contribution in [0.3, 0.4) is 0 Å². The maximum atomic E-state index is 11.6. The molecule has 23 heavy (non-hydrogen) atoms. The number of nitrogens with one attached hydrogen (secondary N) is 2. The zero-order valence-corrected chi connectivity index (χ0v) is 16.7. The van der Waals surface area contributed by atoms with E-state index in [1.165, 1.54) is 4.90 Å². The largest absolute Gasteiger partial charge is 0.444 e. The van der Waals surface area contributed by atoms with Crippen molar-refractivity contribution in [2.45, 2.75) is 27.3 Å². The van der Waals surface area contributed by atoms with Gasteiger partial charge in [0.2, 0.25) is 11.8 Å². The number of aromatic nitrogens is 1. The van der Waals surface area contributed by atoms with Crippen LogP contribution in [-0.4, -0.2) is 48.9 Å². The Labute approximate surface area is 154 Å². The molecule has 0 fully saturated rings. The number of likely N-dealkylation sites (N-methyl/N-ethyl adjacent to an activating group) is 1. The van der Waals surface area contributed by atoms with E-state index < -0.39 is 0 Å². The molecule has 1 rings (SSSR count). The molecule has 1 aromatic heterocycles. The second kappa shape index (κ2) is 10.2. The number of amides is 1. The second-order valence-electron chi connectivity index (χ2n) is 5.37. The number of guanidine groups is 1. The van der Waals surface area contributed by atoms with E-state index in [0.29, 0.717) is 24.9 Å². The van der Waals surface area contributed by atoms with E-state index in [0.717, 1.165) is 17.0 Å². The molecule has 0 aliphatic carbocycles. The summed E-state index contributed by atoms with van der Waals surface area (Å²) in [5.41, 5.74) is 1.84. The lowest BCUT2D eigenvalue weighted by atomic mass is 10.3. The van der Waals surface area contributed by atoms with Gasteiger partial charge in [0.1, 0.15) is 12.3 Å². The fourth-order valence-electron chi connectivity index (χ4n) is 1.47. The molecule has 1 amide bonds. The van der Waals surface area contributed by atoms with E-state index in [1.807, 2.05) is 20.8 Å². The first kappa shape index (κ1) is 21.4. The lowest BCUT2D eigenvalue weighted by Gasteiger charge is -2.12. The Kier molecular flexibility index (Phi) is 9.54. The Morgan fingerprint density at radius 1 is 1.35 bits per heavy atom. The number of halogens is 1. The molecule has 130 valence electrons. The first-order valence-corrected chi connectivity index (χ1v) is 7.09. The molecule has 2 N–H and O–H groups in total. The van der Waals surface area contributed by atoms with Crippen molar-refractivity contribution in [2.75, 3.05) is 27.2 Å². The van der Waals surface area contributed by atoms with Crippen molar-refractivity contribution in [2.24, 2.45) is 4.99 Å². The first-order chi connectivity index (χ1) is 10.3. The minimum absolute atomic E-state index is 0. The van der Waals surface area contributed by atoms with Gasteiger partial charge in [-0.3, -0.25) is 4.79 Å². The first-order valence-electron chi connectivity index (χ1n) is 7.09. The van der Waals surface area contributed by atoms with Crippen LogP contribution in [0.1, 0.15) is 24.3 Å². The van der Waals surface area contributed by atoms with Crippen molar-refractivity contribution < 1.29 is 9.21 Å². The number of rotatable bonds is 6. The molecule has 0 saturated heterocycles. The number of aliphatic imine (C=N–C) groups is 1. The van der Waals surface area contributed by atoms with Crippen LogP contribution in [0.2, 0.25) is 0 Å². The van der Waals surface area contributed by atoms with Gasteiger partial charge in [-0.15, -0.1) is 24.0 Å². The number of carbonyl (C=O) groups is 1. The molecule has 0 aliphatic rings. The molecule has 0 unspecified atom stereocenters. The van der Waals surface area contributed by atoms with Crippen LogP contribution in [0, 0.1) is 13.8 Å². The Hall–Kier alpha value is -1.58. The average molecular weight is 435 g/mol. The third kappa shape index (κ3) is 8.00. The number of carbonyl (C=O) groups excluding carboxylic acids is 1. The van der Waals surface area contributed by atoms with Crippen molar-refractivity contribution in [3.63, 3.8) is 0 Å². The fourth-order valence-corrected chi connectivity index (χ4v) is 1.47. The number of hydrogen-bond acceptors (Lipinski definition) is 4. The van der Waals surface area contributed by atoms with E-state index in [2.05, 4.69) is 27.2 Å². The molecule has 1 heterocycles. The molecule has 0 spiro atoms. The highest BCUT2D eigenvalue weighted by molar-refractivity contribution is 14.0. The standard InChI is InChI=1S/C15H25N5O2.HI/c1-10(2)7-16-15(18-9-14(21)20(5)6)17-8-13-19-11(3)12(4)22-13;/h1,7-9H2,2-6H3,(H2,16,17,18);1H. The summed E-state index contributed by atoms with van der Waals surface area (Å²) >= 11 is 0. The van der Waals surface area contributed by atoms with Crippen molar-refractivity contribution in [1.29, 1.82) is 0 Å². The van der Waals surface area contributed by atoms with E-state index in [-0.39, 0.29) is 36.4 Å². The van der Waals surface area contributed by atoms with Gasteiger partial charge >= 0.3 is 0 Å². The molecule has 0 aromatic carbocycles. The number of aryl methyl sites for hydroxylation is 2. The molecule has 0 saturated carbocycles. The van der Waals surface area contributed by atoms with Crippen LogP contribution in [0.4, 0.5) is 0 Å². The highest BCUT2D eigenvalue weighted by Gasteiger charge is 2.08. The maximum absolute atomic E-state index is 11.6. The third-order valence-corrected chi connectivity index (χ3v) is 2.91. The van der Waals surface area contributed by atoms with Crippen LogP contribution < -0.4 is 10.6 Å². The lowest BCUT2D eigenvalue weighted by Crippen LogP contribution is -2.39. The SMILES string of the molecule is C=C(C)CNC(=NCC(=O)N(C)C)NCc1nc(C)c(C)o1.I. The summed E-state index contributed by atoms with van der Waals surface area (Å²) in [4.78, 5) is 21.7. The summed E-state index contributed by atoms with van der Waals surface area (Å²) in [7, 11) is 3.40. The summed E-state index contributed by atoms with van der Waals surface area (Å²) in [6, 6.07) is 0. The molecule has 8 heteroatoms. The summed E-state index contributed by atoms with van der Waals surface area (Å²) in [6.07, 6.45) is 0. The van der Waals surface area contributed by atoms with Crippen LogP contribution in [-0.2, 0) is 11.3 Å². The molecule has 0 radical (unpaired) electrons. The molecular formula is C15H26IN5O2. The monoisotopic (exact) mass is 435 g/mol. The van der Waals surface area contributed by atoms with Crippen LogP contribution >= 0.6 is 24.0 Å². The van der Waals surface area contributed by atoms with Gasteiger partial charge in [-0.05, 0) is 20.8 Å². The van der Waals surface area contributed by atoms with Gasteiger partial charge in [0.05, 0.1) is 12.2 Å². The normalized spacial score (nSPS) is 10.7. The Bertz CT molecular complexity index is 547. The van der Waals surface area contributed by atoms with Gasteiger partial charge < -0.3 is 20.0 Å². The van der Waals surface area contributed by atoms with Gasteiger partial charge in [0.15, 0.2) is 5.96 Å². The van der Waals surface area contributed by atoms with Gasteiger partial charge in [-0.2, -0.15) is 0 Å². The minimum atomic E-state index is -0.0702. The molecule has 0 aliphatic heterocycles. The second-order valence-corrected chi connectivity index (χ2v) is 5.37. The predicted octanol–water partition coefficient (Wildman–Crippen LogP) is 1.61.